The molecule has 5 heavy (non-hydrogen) atoms. The van der Waals surface area contributed by atoms with E-state index in [2.05, 4.69) is 0 Å². The van der Waals surface area contributed by atoms with Gasteiger partial charge in [0, 0.05) is 0 Å². The van der Waals surface area contributed by atoms with Gasteiger partial charge < -0.3 is 9.59 Å². The normalized spacial score (nSPS) is 6.40. The standard InChI is InChI=1S/C2H2O2Si/c3-1-5-2-4/h1-2H. The average Bonchev–Trinajstić information content (AvgIpc) is 1.41. The van der Waals surface area contributed by atoms with Crippen LogP contribution in [0.4, 0.5) is 0 Å². The average molecular weight is 86.1 g/mol. The van der Waals surface area contributed by atoms with Crippen LogP contribution in [0, 0.1) is 0 Å². The van der Waals surface area contributed by atoms with Gasteiger partial charge in [0.05, 0.1) is 0 Å². The molecule has 0 heterocycles. The van der Waals surface area contributed by atoms with Crippen molar-refractivity contribution in [2.75, 3.05) is 0 Å². The lowest BCUT2D eigenvalue weighted by Crippen LogP contribution is -1.89. The van der Waals surface area contributed by atoms with Gasteiger partial charge in [0.2, 0.25) is 9.52 Å². The zero-order chi connectivity index (χ0) is 4.12. The topological polar surface area (TPSA) is 34.1 Å². The molecule has 0 atom stereocenters. The Morgan fingerprint density at radius 3 is 1.60 bits per heavy atom. The van der Waals surface area contributed by atoms with E-state index in [1.165, 1.54) is 0 Å². The van der Waals surface area contributed by atoms with Crippen molar-refractivity contribution >= 4 is 21.3 Å². The van der Waals surface area contributed by atoms with Gasteiger partial charge in [0.1, 0.15) is 11.8 Å². The van der Waals surface area contributed by atoms with Crippen LogP contribution in [0.15, 0.2) is 0 Å². The smallest absolute Gasteiger partial charge is 0.213 e. The van der Waals surface area contributed by atoms with Gasteiger partial charge in [-0.15, -0.1) is 0 Å². The van der Waals surface area contributed by atoms with Gasteiger partial charge in [0.25, 0.3) is 0 Å². The fourth-order valence-electron chi connectivity index (χ4n) is 0.0278. The quantitative estimate of drug-likeness (QED) is 0.321. The van der Waals surface area contributed by atoms with E-state index in [4.69, 9.17) is 0 Å². The Kier molecular flexibility index (Phi) is 3.24. The molecule has 0 aliphatic rings. The molecule has 0 bridgehead atoms. The Bertz CT molecular complexity index is 36.9. The molecule has 0 aromatic heterocycles. The number of carbonyl (C=O) groups is 2. The summed E-state index contributed by atoms with van der Waals surface area (Å²) < 4.78 is 0. The first-order valence-electron chi connectivity index (χ1n) is 1.05. The predicted octanol–water partition coefficient (Wildman–Crippen LogP) is -0.929. The molecule has 0 aromatic rings. The molecule has 0 spiro atoms. The third-order valence-electron chi connectivity index (χ3n) is 0.136. The number of rotatable bonds is 2. The van der Waals surface area contributed by atoms with Crippen molar-refractivity contribution in [3.8, 4) is 0 Å². The summed E-state index contributed by atoms with van der Waals surface area (Å²) in [6.45, 7) is 0. The van der Waals surface area contributed by atoms with E-state index in [1.807, 2.05) is 0 Å². The Labute approximate surface area is 32.0 Å². The minimum absolute atomic E-state index is 0.164. The summed E-state index contributed by atoms with van der Waals surface area (Å²) in [5, 5.41) is 0. The molecule has 0 aliphatic carbocycles. The maximum atomic E-state index is 9.19. The maximum absolute atomic E-state index is 9.19. The fraction of sp³-hybridized carbons (Fsp3) is 0. The molecular weight excluding hydrogens is 84.1 g/mol. The van der Waals surface area contributed by atoms with Crippen molar-refractivity contribution < 1.29 is 9.59 Å². The molecule has 0 N–H and O–H groups in total. The second kappa shape index (κ2) is 3.56. The highest BCUT2D eigenvalue weighted by molar-refractivity contribution is 6.87. The molecule has 0 saturated carbocycles. The summed E-state index contributed by atoms with van der Waals surface area (Å²) in [5.74, 6) is 1.18. The van der Waals surface area contributed by atoms with Gasteiger partial charge in [-0.25, -0.2) is 0 Å². The molecule has 2 radical (unpaired) electrons. The first-order chi connectivity index (χ1) is 2.41. The molecule has 26 valence electrons. The van der Waals surface area contributed by atoms with Crippen molar-refractivity contribution in [1.82, 2.24) is 0 Å². The van der Waals surface area contributed by atoms with E-state index in [9.17, 15) is 9.59 Å². The summed E-state index contributed by atoms with van der Waals surface area (Å²) in [6, 6.07) is 0. The summed E-state index contributed by atoms with van der Waals surface area (Å²) >= 11 is 0. The Balaban J connectivity index is 2.65. The first-order valence-corrected chi connectivity index (χ1v) is 2.20. The molecular formula is C2H2O2Si. The van der Waals surface area contributed by atoms with Crippen LogP contribution in [0.25, 0.3) is 0 Å². The third-order valence-corrected chi connectivity index (χ3v) is 0.408. The summed E-state index contributed by atoms with van der Waals surface area (Å²) in [5.41, 5.74) is 0. The third kappa shape index (κ3) is 3.56. The predicted molar refractivity (Wildman–Crippen MR) is 19.3 cm³/mol. The van der Waals surface area contributed by atoms with Gasteiger partial charge >= 0.3 is 0 Å². The SMILES string of the molecule is O=C[Si]C=O. The molecule has 0 amide bonds. The van der Waals surface area contributed by atoms with Crippen LogP contribution in [0.5, 0.6) is 0 Å². The minimum atomic E-state index is -0.164. The van der Waals surface area contributed by atoms with Gasteiger partial charge in [-0.1, -0.05) is 0 Å². The highest BCUT2D eigenvalue weighted by atomic mass is 28.2. The molecule has 3 heteroatoms. The monoisotopic (exact) mass is 86.0 g/mol. The van der Waals surface area contributed by atoms with E-state index in [1.54, 1.807) is 0 Å². The second-order valence-electron chi connectivity index (χ2n) is 0.402. The minimum Gasteiger partial charge on any atom is -0.309 e. The zero-order valence-electron chi connectivity index (χ0n) is 2.47. The summed E-state index contributed by atoms with van der Waals surface area (Å²) in [7, 11) is -0.164. The van der Waals surface area contributed by atoms with Crippen molar-refractivity contribution in [2.24, 2.45) is 0 Å². The van der Waals surface area contributed by atoms with Crippen LogP contribution < -0.4 is 0 Å². The number of hydrogen-bond acceptors (Lipinski definition) is 2. The highest BCUT2D eigenvalue weighted by Crippen LogP contribution is 1.28. The van der Waals surface area contributed by atoms with Crippen LogP contribution >= 0.6 is 0 Å². The van der Waals surface area contributed by atoms with Crippen LogP contribution in [-0.4, -0.2) is 21.3 Å². The molecule has 2 nitrogen and oxygen atoms in total. The van der Waals surface area contributed by atoms with E-state index in [0.29, 0.717) is 11.8 Å². The first kappa shape index (κ1) is 4.56. The van der Waals surface area contributed by atoms with Gasteiger partial charge in [-0.3, -0.25) is 0 Å². The lowest BCUT2D eigenvalue weighted by molar-refractivity contribution is 0.564. The molecule has 0 aromatic carbocycles. The molecule has 0 aliphatic heterocycles. The lowest BCUT2D eigenvalue weighted by Gasteiger charge is -1.49. The van der Waals surface area contributed by atoms with Gasteiger partial charge in [-0.2, -0.15) is 0 Å². The molecule has 0 unspecified atom stereocenters. The highest BCUT2D eigenvalue weighted by Gasteiger charge is 1.70. The van der Waals surface area contributed by atoms with Crippen molar-refractivity contribution in [3.05, 3.63) is 0 Å². The number of carbonyl (C=O) groups excluding carboxylic acids is 2. The van der Waals surface area contributed by atoms with E-state index < -0.39 is 0 Å². The second-order valence-corrected chi connectivity index (χ2v) is 1.21. The molecule has 0 saturated heterocycles. The van der Waals surface area contributed by atoms with Crippen LogP contribution in [0.2, 0.25) is 0 Å². The summed E-state index contributed by atoms with van der Waals surface area (Å²) in [6.07, 6.45) is 0. The van der Waals surface area contributed by atoms with Crippen molar-refractivity contribution in [2.45, 2.75) is 0 Å². The lowest BCUT2D eigenvalue weighted by atomic mass is 11.8. The van der Waals surface area contributed by atoms with E-state index in [-0.39, 0.29) is 9.52 Å². The van der Waals surface area contributed by atoms with Crippen molar-refractivity contribution in [1.29, 1.82) is 0 Å². The van der Waals surface area contributed by atoms with Crippen LogP contribution in [0.1, 0.15) is 0 Å². The largest absolute Gasteiger partial charge is 0.309 e. The fourth-order valence-corrected chi connectivity index (χ4v) is 0.0833. The Morgan fingerprint density at radius 2 is 1.60 bits per heavy atom. The number of hydrogen-bond donors (Lipinski definition) is 0. The molecule has 0 fully saturated rings. The summed E-state index contributed by atoms with van der Waals surface area (Å²) in [4.78, 5) is 18.4. The van der Waals surface area contributed by atoms with E-state index in [0.717, 1.165) is 0 Å². The maximum Gasteiger partial charge on any atom is 0.213 e. The van der Waals surface area contributed by atoms with E-state index >= 15 is 0 Å². The Hall–Kier alpha value is -0.443. The Morgan fingerprint density at radius 1 is 1.20 bits per heavy atom. The van der Waals surface area contributed by atoms with Crippen molar-refractivity contribution in [3.63, 3.8) is 0 Å². The van der Waals surface area contributed by atoms with Crippen LogP contribution in [-0.2, 0) is 9.59 Å². The van der Waals surface area contributed by atoms with Gasteiger partial charge in [-0.05, 0) is 0 Å². The molecule has 0 rings (SSSR count). The van der Waals surface area contributed by atoms with Gasteiger partial charge in [0.15, 0.2) is 0 Å². The van der Waals surface area contributed by atoms with Crippen LogP contribution in [0.3, 0.4) is 0 Å². The zero-order valence-corrected chi connectivity index (χ0v) is 3.47.